The Hall–Kier alpha value is -0.0400. The van der Waals surface area contributed by atoms with Gasteiger partial charge in [-0.25, -0.2) is 0 Å². The zero-order valence-corrected chi connectivity index (χ0v) is 7.01. The summed E-state index contributed by atoms with van der Waals surface area (Å²) in [6.45, 7) is 1.08. The van der Waals surface area contributed by atoms with Gasteiger partial charge in [-0.15, -0.1) is 0 Å². The molecule has 0 aromatic carbocycles. The monoisotopic (exact) mass is 152 g/mol. The fourth-order valence-corrected chi connectivity index (χ4v) is 2.70. The van der Waals surface area contributed by atoms with Crippen LogP contribution in [0.4, 0.5) is 0 Å². The van der Waals surface area contributed by atoms with E-state index >= 15 is 0 Å². The van der Waals surface area contributed by atoms with Crippen LogP contribution in [0.15, 0.2) is 0 Å². The summed E-state index contributed by atoms with van der Waals surface area (Å²) in [6.07, 6.45) is 8.71. The first-order valence-corrected chi connectivity index (χ1v) is 5.02. The lowest BCUT2D eigenvalue weighted by Gasteiger charge is -2.26. The van der Waals surface area contributed by atoms with Crippen molar-refractivity contribution in [3.63, 3.8) is 0 Å². The molecule has 2 aliphatic carbocycles. The van der Waals surface area contributed by atoms with E-state index in [1.54, 1.807) is 0 Å². The van der Waals surface area contributed by atoms with Gasteiger partial charge in [-0.2, -0.15) is 0 Å². The Morgan fingerprint density at radius 1 is 1.09 bits per heavy atom. The summed E-state index contributed by atoms with van der Waals surface area (Å²) in [4.78, 5) is 0. The van der Waals surface area contributed by atoms with Gasteiger partial charge in [-0.05, 0) is 43.9 Å². The van der Waals surface area contributed by atoms with Crippen molar-refractivity contribution in [3.8, 4) is 0 Å². The van der Waals surface area contributed by atoms with E-state index < -0.39 is 0 Å². The molecule has 2 saturated carbocycles. The summed E-state index contributed by atoms with van der Waals surface area (Å²) >= 11 is 0. The van der Waals surface area contributed by atoms with Crippen molar-refractivity contribution >= 4 is 0 Å². The molecule has 0 aromatic rings. The SMILES string of the molecule is C1CC(C2CC2)CC2(C1)CO2. The Morgan fingerprint density at radius 2 is 1.91 bits per heavy atom. The molecule has 62 valence electrons. The third-order valence-electron chi connectivity index (χ3n) is 3.68. The second kappa shape index (κ2) is 2.01. The third-order valence-corrected chi connectivity index (χ3v) is 3.68. The van der Waals surface area contributed by atoms with Crippen molar-refractivity contribution in [1.29, 1.82) is 0 Å². The smallest absolute Gasteiger partial charge is 0.0919 e. The first-order valence-electron chi connectivity index (χ1n) is 5.02. The highest BCUT2D eigenvalue weighted by molar-refractivity contribution is 4.99. The van der Waals surface area contributed by atoms with E-state index in [9.17, 15) is 0 Å². The van der Waals surface area contributed by atoms with E-state index in [0.29, 0.717) is 5.60 Å². The molecule has 0 radical (unpaired) electrons. The Morgan fingerprint density at radius 3 is 2.55 bits per heavy atom. The maximum Gasteiger partial charge on any atom is 0.0919 e. The lowest BCUT2D eigenvalue weighted by atomic mass is 9.79. The minimum Gasteiger partial charge on any atom is -0.370 e. The Bertz CT molecular complexity index is 168. The summed E-state index contributed by atoms with van der Waals surface area (Å²) in [6, 6.07) is 0. The quantitative estimate of drug-likeness (QED) is 0.525. The molecule has 1 aliphatic heterocycles. The largest absolute Gasteiger partial charge is 0.370 e. The van der Waals surface area contributed by atoms with Gasteiger partial charge in [0.1, 0.15) is 0 Å². The molecular formula is C10H16O. The zero-order valence-electron chi connectivity index (χ0n) is 7.01. The Kier molecular flexibility index (Phi) is 1.18. The van der Waals surface area contributed by atoms with E-state index in [4.69, 9.17) is 4.74 Å². The maximum atomic E-state index is 5.55. The highest BCUT2D eigenvalue weighted by Crippen LogP contribution is 2.51. The van der Waals surface area contributed by atoms with E-state index in [0.717, 1.165) is 18.4 Å². The van der Waals surface area contributed by atoms with E-state index in [-0.39, 0.29) is 0 Å². The second-order valence-corrected chi connectivity index (χ2v) is 4.67. The van der Waals surface area contributed by atoms with Gasteiger partial charge in [0.05, 0.1) is 12.2 Å². The van der Waals surface area contributed by atoms with Crippen molar-refractivity contribution in [3.05, 3.63) is 0 Å². The molecule has 2 atom stereocenters. The predicted molar refractivity (Wildman–Crippen MR) is 43.4 cm³/mol. The normalized spacial score (nSPS) is 49.6. The molecule has 1 heteroatoms. The van der Waals surface area contributed by atoms with E-state index in [1.165, 1.54) is 38.5 Å². The lowest BCUT2D eigenvalue weighted by molar-refractivity contribution is 0.177. The molecule has 3 rings (SSSR count). The second-order valence-electron chi connectivity index (χ2n) is 4.67. The zero-order chi connectivity index (χ0) is 7.31. The summed E-state index contributed by atoms with van der Waals surface area (Å²) in [5, 5.41) is 0. The molecular weight excluding hydrogens is 136 g/mol. The Balaban J connectivity index is 1.67. The standard InChI is InChI=1S/C10H16O/c1-2-9(8-3-4-8)6-10(5-1)7-11-10/h8-9H,1-7H2. The topological polar surface area (TPSA) is 12.5 Å². The third kappa shape index (κ3) is 1.10. The molecule has 3 fully saturated rings. The van der Waals surface area contributed by atoms with Crippen LogP contribution in [0.2, 0.25) is 0 Å². The highest BCUT2D eigenvalue weighted by Gasteiger charge is 2.50. The minimum absolute atomic E-state index is 0.422. The van der Waals surface area contributed by atoms with E-state index in [1.807, 2.05) is 0 Å². The van der Waals surface area contributed by atoms with E-state index in [2.05, 4.69) is 0 Å². The molecule has 1 spiro atoms. The van der Waals surface area contributed by atoms with Crippen molar-refractivity contribution in [2.45, 2.75) is 44.1 Å². The van der Waals surface area contributed by atoms with Crippen LogP contribution in [-0.2, 0) is 4.74 Å². The van der Waals surface area contributed by atoms with Gasteiger partial charge in [0.2, 0.25) is 0 Å². The first-order chi connectivity index (χ1) is 5.38. The van der Waals surface area contributed by atoms with Crippen molar-refractivity contribution < 1.29 is 4.74 Å². The molecule has 0 bridgehead atoms. The predicted octanol–water partition coefficient (Wildman–Crippen LogP) is 2.36. The number of epoxide rings is 1. The maximum absolute atomic E-state index is 5.55. The fourth-order valence-electron chi connectivity index (χ4n) is 2.70. The van der Waals surface area contributed by atoms with Crippen LogP contribution >= 0.6 is 0 Å². The summed E-state index contributed by atoms with van der Waals surface area (Å²) < 4.78 is 5.55. The first kappa shape index (κ1) is 6.47. The number of ether oxygens (including phenoxy) is 1. The summed E-state index contributed by atoms with van der Waals surface area (Å²) in [5.41, 5.74) is 0.422. The van der Waals surface area contributed by atoms with Crippen LogP contribution in [-0.4, -0.2) is 12.2 Å². The molecule has 0 aromatic heterocycles. The van der Waals surface area contributed by atoms with Gasteiger partial charge >= 0.3 is 0 Å². The van der Waals surface area contributed by atoms with Crippen LogP contribution in [0, 0.1) is 11.8 Å². The van der Waals surface area contributed by atoms with Gasteiger partial charge in [-0.1, -0.05) is 6.42 Å². The van der Waals surface area contributed by atoms with Gasteiger partial charge in [0, 0.05) is 0 Å². The van der Waals surface area contributed by atoms with Crippen molar-refractivity contribution in [2.75, 3.05) is 6.61 Å². The van der Waals surface area contributed by atoms with Gasteiger partial charge in [0.15, 0.2) is 0 Å². The van der Waals surface area contributed by atoms with Crippen LogP contribution in [0.1, 0.15) is 38.5 Å². The van der Waals surface area contributed by atoms with Gasteiger partial charge in [0.25, 0.3) is 0 Å². The molecule has 11 heavy (non-hydrogen) atoms. The molecule has 1 saturated heterocycles. The van der Waals surface area contributed by atoms with Gasteiger partial charge in [-0.3, -0.25) is 0 Å². The minimum atomic E-state index is 0.422. The fraction of sp³-hybridized carbons (Fsp3) is 1.00. The number of hydrogen-bond donors (Lipinski definition) is 0. The average molecular weight is 152 g/mol. The van der Waals surface area contributed by atoms with Crippen molar-refractivity contribution in [2.24, 2.45) is 11.8 Å². The molecule has 1 heterocycles. The molecule has 0 amide bonds. The van der Waals surface area contributed by atoms with Crippen LogP contribution in [0.25, 0.3) is 0 Å². The van der Waals surface area contributed by atoms with Crippen LogP contribution in [0.5, 0.6) is 0 Å². The molecule has 1 nitrogen and oxygen atoms in total. The number of rotatable bonds is 1. The summed E-state index contributed by atoms with van der Waals surface area (Å²) in [5.74, 6) is 2.16. The molecule has 0 N–H and O–H groups in total. The average Bonchev–Trinajstić information content (AvgIpc) is 2.83. The molecule has 3 aliphatic rings. The lowest BCUT2D eigenvalue weighted by Crippen LogP contribution is -2.23. The Labute approximate surface area is 68.1 Å². The summed E-state index contributed by atoms with van der Waals surface area (Å²) in [7, 11) is 0. The van der Waals surface area contributed by atoms with Gasteiger partial charge < -0.3 is 4.74 Å². The number of hydrogen-bond acceptors (Lipinski definition) is 1. The van der Waals surface area contributed by atoms with Crippen LogP contribution < -0.4 is 0 Å². The van der Waals surface area contributed by atoms with Crippen LogP contribution in [0.3, 0.4) is 0 Å². The van der Waals surface area contributed by atoms with Crippen molar-refractivity contribution in [1.82, 2.24) is 0 Å². The molecule has 2 unspecified atom stereocenters. The highest BCUT2D eigenvalue weighted by atomic mass is 16.6.